The Balaban J connectivity index is 1.65. The second-order valence-electron chi connectivity index (χ2n) is 9.74. The number of ether oxygens (including phenoxy) is 1. The van der Waals surface area contributed by atoms with Gasteiger partial charge in [0, 0.05) is 5.69 Å². The van der Waals surface area contributed by atoms with E-state index in [-0.39, 0.29) is 16.9 Å². The van der Waals surface area contributed by atoms with Gasteiger partial charge in [0.15, 0.2) is 0 Å². The molecule has 3 aromatic carbocycles. The Morgan fingerprint density at radius 2 is 1.70 bits per heavy atom. The van der Waals surface area contributed by atoms with Crippen LogP contribution in [0.25, 0.3) is 0 Å². The number of nitriles is 1. The Bertz CT molecular complexity index is 1570. The second-order valence-corrected chi connectivity index (χ2v) is 9.74. The molecule has 1 amide bonds. The highest BCUT2D eigenvalue weighted by Gasteiger charge is 2.33. The summed E-state index contributed by atoms with van der Waals surface area (Å²) in [5, 5.41) is 15.0. The fourth-order valence-corrected chi connectivity index (χ4v) is 4.08. The van der Waals surface area contributed by atoms with Gasteiger partial charge in [-0.1, -0.05) is 30.3 Å². The largest absolute Gasteiger partial charge is 0.573 e. The molecule has 0 heterocycles. The van der Waals surface area contributed by atoms with E-state index in [1.54, 1.807) is 24.3 Å². The number of hydrogen-bond acceptors (Lipinski definition) is 6. The topological polar surface area (TPSA) is 113 Å². The highest BCUT2D eigenvalue weighted by atomic mass is 19.4. The summed E-state index contributed by atoms with van der Waals surface area (Å²) in [5.74, 6) is -0.998. The quantitative estimate of drug-likeness (QED) is 0.178. The van der Waals surface area contributed by atoms with E-state index in [1.165, 1.54) is 48.5 Å². The number of hydrogen-bond donors (Lipinski definition) is 3. The molecular weight excluding hydrogens is 576 g/mol. The summed E-state index contributed by atoms with van der Waals surface area (Å²) in [6.45, 7) is 0.589. The zero-order chi connectivity index (χ0) is 31.2. The molecule has 43 heavy (non-hydrogen) atoms. The van der Waals surface area contributed by atoms with E-state index in [4.69, 9.17) is 11.0 Å². The zero-order valence-electron chi connectivity index (χ0n) is 22.3. The number of nitrogens with one attached hydrogen (secondary N) is 2. The minimum absolute atomic E-state index is 0.0504. The molecule has 3 aromatic rings. The molecule has 1 aliphatic rings. The maximum absolute atomic E-state index is 13.2. The zero-order valence-corrected chi connectivity index (χ0v) is 22.3. The van der Waals surface area contributed by atoms with Crippen molar-refractivity contribution in [3.05, 3.63) is 101 Å². The number of aliphatic imine (C=N–C) groups is 1. The molecular formula is C30H25F6N5O2. The van der Waals surface area contributed by atoms with E-state index >= 15 is 0 Å². The number of benzene rings is 3. The summed E-state index contributed by atoms with van der Waals surface area (Å²) in [6.07, 6.45) is -7.38. The number of rotatable bonds is 10. The normalized spacial score (nSPS) is 15.0. The lowest BCUT2D eigenvalue weighted by atomic mass is 9.97. The van der Waals surface area contributed by atoms with Crippen LogP contribution in [0, 0.1) is 17.2 Å². The predicted molar refractivity (Wildman–Crippen MR) is 147 cm³/mol. The lowest BCUT2D eigenvalue weighted by Gasteiger charge is -2.21. The first-order chi connectivity index (χ1) is 20.3. The molecule has 0 spiro atoms. The maximum Gasteiger partial charge on any atom is 0.573 e. The van der Waals surface area contributed by atoms with Crippen LogP contribution in [0.3, 0.4) is 0 Å². The van der Waals surface area contributed by atoms with Gasteiger partial charge in [-0.25, -0.2) is 4.99 Å². The Labute approximate surface area is 242 Å². The van der Waals surface area contributed by atoms with Crippen molar-refractivity contribution < 1.29 is 35.9 Å². The lowest BCUT2D eigenvalue weighted by Crippen LogP contribution is -2.27. The fourth-order valence-electron chi connectivity index (χ4n) is 4.08. The molecule has 224 valence electrons. The number of halogens is 6. The number of nitrogens with zero attached hydrogens (tertiary/aromatic N) is 2. The van der Waals surface area contributed by atoms with Crippen molar-refractivity contribution in [1.82, 2.24) is 5.32 Å². The number of alkyl halides is 6. The molecule has 1 fully saturated rings. The molecule has 4 rings (SSSR count). The SMILES string of the molecule is N#Cc1cccc(N=C(C=C(N)C(F)(F)F)C(=O)Nc2cccc(C(NCC3CC3)c3cccc(OC(F)(F)F)c3)c2)c1. The van der Waals surface area contributed by atoms with Crippen LogP contribution in [0.4, 0.5) is 37.7 Å². The molecule has 0 aromatic heterocycles. The average Bonchev–Trinajstić information content (AvgIpc) is 3.76. The van der Waals surface area contributed by atoms with Crippen LogP contribution in [0.5, 0.6) is 5.75 Å². The van der Waals surface area contributed by atoms with Crippen molar-refractivity contribution in [3.63, 3.8) is 0 Å². The summed E-state index contributed by atoms with van der Waals surface area (Å²) in [5.41, 5.74) is 4.37. The van der Waals surface area contributed by atoms with Gasteiger partial charge in [0.25, 0.3) is 5.91 Å². The van der Waals surface area contributed by atoms with E-state index in [9.17, 15) is 31.1 Å². The number of amides is 1. The van der Waals surface area contributed by atoms with Gasteiger partial charge < -0.3 is 21.1 Å². The third kappa shape index (κ3) is 9.34. The Morgan fingerprint density at radius 3 is 2.35 bits per heavy atom. The summed E-state index contributed by atoms with van der Waals surface area (Å²) < 4.78 is 82.2. The van der Waals surface area contributed by atoms with E-state index < -0.39 is 41.6 Å². The highest BCUT2D eigenvalue weighted by Crippen LogP contribution is 2.33. The third-order valence-electron chi connectivity index (χ3n) is 6.29. The third-order valence-corrected chi connectivity index (χ3v) is 6.29. The molecule has 1 atom stereocenters. The van der Waals surface area contributed by atoms with Gasteiger partial charge in [0.2, 0.25) is 0 Å². The Hall–Kier alpha value is -4.83. The standard InChI is InChI=1S/C30H25F6N5O2/c31-29(32,33)26(38)15-25(40-22-7-1-4-19(12-22)16-37)28(42)41-23-8-2-5-20(13-23)27(39-17-18-10-11-18)21-6-3-9-24(14-21)43-30(34,35)36/h1-9,12-15,18,27,39H,10-11,17,38H2,(H,41,42). The molecule has 0 saturated heterocycles. The fraction of sp³-hybridized carbons (Fsp3) is 0.233. The van der Waals surface area contributed by atoms with Crippen molar-refractivity contribution in [2.24, 2.45) is 16.6 Å². The van der Waals surface area contributed by atoms with Crippen LogP contribution in [0.1, 0.15) is 35.6 Å². The van der Waals surface area contributed by atoms with Crippen molar-refractivity contribution in [1.29, 1.82) is 5.26 Å². The van der Waals surface area contributed by atoms with Crippen molar-refractivity contribution in [2.45, 2.75) is 31.4 Å². The first-order valence-corrected chi connectivity index (χ1v) is 12.9. The highest BCUT2D eigenvalue weighted by molar-refractivity contribution is 6.47. The van der Waals surface area contributed by atoms with Gasteiger partial charge in [-0.3, -0.25) is 4.79 Å². The lowest BCUT2D eigenvalue weighted by molar-refractivity contribution is -0.274. The molecule has 7 nitrogen and oxygen atoms in total. The van der Waals surface area contributed by atoms with Gasteiger partial charge >= 0.3 is 12.5 Å². The van der Waals surface area contributed by atoms with Gasteiger partial charge in [-0.05, 0) is 85.0 Å². The van der Waals surface area contributed by atoms with Gasteiger partial charge in [-0.15, -0.1) is 13.2 Å². The van der Waals surface area contributed by atoms with E-state index in [2.05, 4.69) is 20.4 Å². The smallest absolute Gasteiger partial charge is 0.406 e. The summed E-state index contributed by atoms with van der Waals surface area (Å²) in [6, 6.07) is 18.7. The van der Waals surface area contributed by atoms with Gasteiger partial charge in [-0.2, -0.15) is 18.4 Å². The maximum atomic E-state index is 13.2. The molecule has 1 aliphatic carbocycles. The number of carbonyl (C=O) groups excluding carboxylic acids is 1. The summed E-state index contributed by atoms with van der Waals surface area (Å²) >= 11 is 0. The Morgan fingerprint density at radius 1 is 1.02 bits per heavy atom. The number of nitrogens with two attached hydrogens (primary N) is 1. The first kappa shape index (κ1) is 31.1. The number of allylic oxidation sites excluding steroid dienone is 1. The molecule has 4 N–H and O–H groups in total. The summed E-state index contributed by atoms with van der Waals surface area (Å²) in [4.78, 5) is 17.2. The van der Waals surface area contributed by atoms with Crippen LogP contribution in [0.15, 0.2) is 89.6 Å². The minimum Gasteiger partial charge on any atom is -0.406 e. The van der Waals surface area contributed by atoms with Crippen LogP contribution in [-0.2, 0) is 4.79 Å². The van der Waals surface area contributed by atoms with Crippen molar-refractivity contribution in [2.75, 3.05) is 11.9 Å². The number of carbonyl (C=O) groups is 1. The van der Waals surface area contributed by atoms with E-state index in [0.717, 1.165) is 12.8 Å². The van der Waals surface area contributed by atoms with Crippen molar-refractivity contribution in [3.8, 4) is 11.8 Å². The molecule has 13 heteroatoms. The van der Waals surface area contributed by atoms with Crippen molar-refractivity contribution >= 4 is 23.0 Å². The average molecular weight is 602 g/mol. The van der Waals surface area contributed by atoms with Crippen LogP contribution >= 0.6 is 0 Å². The first-order valence-electron chi connectivity index (χ1n) is 12.9. The minimum atomic E-state index is -4.93. The van der Waals surface area contributed by atoms with Crippen LogP contribution in [0.2, 0.25) is 0 Å². The van der Waals surface area contributed by atoms with E-state index in [0.29, 0.717) is 29.7 Å². The molecule has 1 saturated carbocycles. The molecule has 0 aliphatic heterocycles. The van der Waals surface area contributed by atoms with Crippen LogP contribution < -0.4 is 21.1 Å². The van der Waals surface area contributed by atoms with Gasteiger partial charge in [0.05, 0.1) is 23.4 Å². The monoisotopic (exact) mass is 601 g/mol. The second kappa shape index (κ2) is 13.0. The molecule has 1 unspecified atom stereocenters. The van der Waals surface area contributed by atoms with E-state index in [1.807, 2.05) is 6.07 Å². The van der Waals surface area contributed by atoms with Gasteiger partial charge in [0.1, 0.15) is 17.2 Å². The summed E-state index contributed by atoms with van der Waals surface area (Å²) in [7, 11) is 0. The van der Waals surface area contributed by atoms with Crippen LogP contribution in [-0.4, -0.2) is 30.7 Å². The number of anilines is 1. The predicted octanol–water partition coefficient (Wildman–Crippen LogP) is 6.66. The Kier molecular flexibility index (Phi) is 9.40. The molecule has 0 bridgehead atoms. The molecule has 0 radical (unpaired) electrons.